The van der Waals surface area contributed by atoms with Gasteiger partial charge in [-0.05, 0) is 51.4 Å². The summed E-state index contributed by atoms with van der Waals surface area (Å²) in [6.45, 7) is 6.56. The minimum atomic E-state index is -0.784. The summed E-state index contributed by atoms with van der Waals surface area (Å²) in [5, 5.41) is 0. The van der Waals surface area contributed by atoms with Crippen molar-refractivity contribution in [2.75, 3.05) is 13.2 Å². The molecule has 0 spiro atoms. The Morgan fingerprint density at radius 2 is 0.500 bits per heavy atom. The lowest BCUT2D eigenvalue weighted by Gasteiger charge is -2.18. The second kappa shape index (κ2) is 67.1. The summed E-state index contributed by atoms with van der Waals surface area (Å²) in [4.78, 5) is 38.2. The summed E-state index contributed by atoms with van der Waals surface area (Å²) in [6, 6.07) is 0. The average molecular weight is 1100 g/mol. The van der Waals surface area contributed by atoms with E-state index in [2.05, 4.69) is 57.2 Å². The molecule has 1 atom stereocenters. The third-order valence-corrected chi connectivity index (χ3v) is 15.9. The summed E-state index contributed by atoms with van der Waals surface area (Å²) >= 11 is 0. The summed E-state index contributed by atoms with van der Waals surface area (Å²) in [5.41, 5.74) is 0. The molecule has 0 rings (SSSR count). The molecule has 0 fully saturated rings. The van der Waals surface area contributed by atoms with Gasteiger partial charge in [0.15, 0.2) is 6.10 Å². The Morgan fingerprint density at radius 1 is 0.269 bits per heavy atom. The van der Waals surface area contributed by atoms with Crippen molar-refractivity contribution in [3.8, 4) is 0 Å². The number of rotatable bonds is 65. The second-order valence-corrected chi connectivity index (χ2v) is 23.8. The van der Waals surface area contributed by atoms with E-state index in [4.69, 9.17) is 14.2 Å². The highest BCUT2D eigenvalue weighted by Crippen LogP contribution is 2.19. The summed E-state index contributed by atoms with van der Waals surface area (Å²) in [7, 11) is 0. The molecule has 0 aromatic rings. The van der Waals surface area contributed by atoms with Gasteiger partial charge in [0.25, 0.3) is 0 Å². The van der Waals surface area contributed by atoms with Crippen molar-refractivity contribution >= 4 is 17.9 Å². The molecular weight excluding hydrogens is 961 g/mol. The molecular formula is C72H134O6. The van der Waals surface area contributed by atoms with E-state index < -0.39 is 6.10 Å². The fraction of sp³-hybridized carbons (Fsp3) is 0.875. The van der Waals surface area contributed by atoms with Crippen LogP contribution in [-0.2, 0) is 28.6 Å². The third kappa shape index (κ3) is 64.5. The van der Waals surface area contributed by atoms with E-state index >= 15 is 0 Å². The first-order chi connectivity index (χ1) is 38.5. The normalized spacial score (nSPS) is 12.2. The Bertz CT molecular complexity index is 1300. The smallest absolute Gasteiger partial charge is 0.306 e. The van der Waals surface area contributed by atoms with E-state index in [0.29, 0.717) is 19.3 Å². The van der Waals surface area contributed by atoms with Crippen LogP contribution in [0.5, 0.6) is 0 Å². The zero-order valence-electron chi connectivity index (χ0n) is 52.7. The van der Waals surface area contributed by atoms with E-state index in [9.17, 15) is 14.4 Å². The zero-order valence-corrected chi connectivity index (χ0v) is 52.7. The molecule has 0 aliphatic heterocycles. The fourth-order valence-electron chi connectivity index (χ4n) is 10.7. The third-order valence-electron chi connectivity index (χ3n) is 15.9. The van der Waals surface area contributed by atoms with Crippen LogP contribution in [0.3, 0.4) is 0 Å². The van der Waals surface area contributed by atoms with Gasteiger partial charge in [-0.1, -0.05) is 353 Å². The van der Waals surface area contributed by atoms with E-state index in [1.54, 1.807) is 0 Å². The van der Waals surface area contributed by atoms with Gasteiger partial charge in [0.05, 0.1) is 0 Å². The Balaban J connectivity index is 4.02. The van der Waals surface area contributed by atoms with Gasteiger partial charge >= 0.3 is 17.9 Å². The van der Waals surface area contributed by atoms with Crippen LogP contribution in [-0.4, -0.2) is 37.2 Å². The molecule has 0 aliphatic rings. The molecule has 0 saturated heterocycles. The van der Waals surface area contributed by atoms with Crippen LogP contribution in [0.4, 0.5) is 0 Å². The van der Waals surface area contributed by atoms with Crippen molar-refractivity contribution in [2.45, 2.75) is 393 Å². The van der Waals surface area contributed by atoms with Crippen LogP contribution in [0.25, 0.3) is 0 Å². The van der Waals surface area contributed by atoms with Gasteiger partial charge in [-0.25, -0.2) is 0 Å². The Labute approximate surface area is 486 Å². The highest BCUT2D eigenvalue weighted by atomic mass is 16.6. The van der Waals surface area contributed by atoms with Gasteiger partial charge in [-0.15, -0.1) is 0 Å². The predicted octanol–water partition coefficient (Wildman–Crippen LogP) is 23.9. The van der Waals surface area contributed by atoms with Crippen LogP contribution in [0, 0.1) is 0 Å². The largest absolute Gasteiger partial charge is 0.462 e. The number of carbonyl (C=O) groups is 3. The van der Waals surface area contributed by atoms with Crippen molar-refractivity contribution in [1.29, 1.82) is 0 Å². The van der Waals surface area contributed by atoms with Crippen molar-refractivity contribution in [3.05, 3.63) is 36.5 Å². The maximum atomic E-state index is 12.9. The summed E-state index contributed by atoms with van der Waals surface area (Å²) in [6.07, 6.45) is 83.5. The Morgan fingerprint density at radius 3 is 0.782 bits per heavy atom. The van der Waals surface area contributed by atoms with Gasteiger partial charge in [0.2, 0.25) is 0 Å². The quantitative estimate of drug-likeness (QED) is 0.0261. The molecule has 78 heavy (non-hydrogen) atoms. The van der Waals surface area contributed by atoms with Crippen LogP contribution in [0.2, 0.25) is 0 Å². The van der Waals surface area contributed by atoms with Crippen molar-refractivity contribution in [3.63, 3.8) is 0 Å². The predicted molar refractivity (Wildman–Crippen MR) is 339 cm³/mol. The maximum absolute atomic E-state index is 12.9. The van der Waals surface area contributed by atoms with Gasteiger partial charge in [-0.2, -0.15) is 0 Å². The van der Waals surface area contributed by atoms with Crippen LogP contribution in [0.1, 0.15) is 387 Å². The summed E-state index contributed by atoms with van der Waals surface area (Å²) < 4.78 is 16.9. The number of allylic oxidation sites excluding steroid dienone is 6. The minimum Gasteiger partial charge on any atom is -0.462 e. The average Bonchev–Trinajstić information content (AvgIpc) is 3.44. The maximum Gasteiger partial charge on any atom is 0.306 e. The molecule has 0 aliphatic carbocycles. The van der Waals surface area contributed by atoms with E-state index in [1.165, 1.54) is 263 Å². The van der Waals surface area contributed by atoms with E-state index in [-0.39, 0.29) is 31.1 Å². The lowest BCUT2D eigenvalue weighted by molar-refractivity contribution is -0.167. The first kappa shape index (κ1) is 75.6. The highest BCUT2D eigenvalue weighted by molar-refractivity contribution is 5.71. The van der Waals surface area contributed by atoms with E-state index in [0.717, 1.165) is 83.5 Å². The molecule has 1 unspecified atom stereocenters. The number of carbonyl (C=O) groups excluding carboxylic acids is 3. The number of ether oxygens (including phenoxy) is 3. The second-order valence-electron chi connectivity index (χ2n) is 23.8. The molecule has 0 bridgehead atoms. The highest BCUT2D eigenvalue weighted by Gasteiger charge is 2.19. The Kier molecular flexibility index (Phi) is 65.1. The molecule has 0 saturated carbocycles. The number of unbranched alkanes of at least 4 members (excludes halogenated alkanes) is 48. The zero-order chi connectivity index (χ0) is 56.4. The lowest BCUT2D eigenvalue weighted by atomic mass is 10.0. The SMILES string of the molecule is CC/C=C\C/C=C\C/C=C\CCCCCC(=O)OC(COC(=O)CCCCCCCCCCCCCCC)COC(=O)CCCCCCCCCCCCCCCCCCCCCCCCCCCCCCCCCCCC. The van der Waals surface area contributed by atoms with Gasteiger partial charge in [-0.3, -0.25) is 14.4 Å². The van der Waals surface area contributed by atoms with Crippen molar-refractivity contribution in [1.82, 2.24) is 0 Å². The van der Waals surface area contributed by atoms with Gasteiger partial charge in [0, 0.05) is 19.3 Å². The monoisotopic (exact) mass is 1100 g/mol. The number of esters is 3. The molecule has 0 amide bonds. The molecule has 0 aromatic heterocycles. The summed E-state index contributed by atoms with van der Waals surface area (Å²) in [5.74, 6) is -0.885. The molecule has 6 heteroatoms. The number of hydrogen-bond donors (Lipinski definition) is 0. The molecule has 0 N–H and O–H groups in total. The topological polar surface area (TPSA) is 78.9 Å². The molecule has 0 radical (unpaired) electrons. The standard InChI is InChI=1S/C72H134O6/c1-4-7-10-13-16-19-22-25-26-27-28-29-30-31-32-33-34-35-36-37-38-39-40-41-42-43-44-45-48-50-53-56-59-62-65-71(74)77-68-69(78-72(75)66-63-60-57-54-51-47-24-21-18-15-12-9-6-3)67-76-70(73)64-61-58-55-52-49-46-23-20-17-14-11-8-5-2/h9,12,18,21,47,51,69H,4-8,10-11,13-17,19-20,22-46,48-50,52-68H2,1-3H3/b12-9-,21-18-,51-47-. The van der Waals surface area contributed by atoms with Crippen LogP contribution in [0.15, 0.2) is 36.5 Å². The van der Waals surface area contributed by atoms with Crippen molar-refractivity contribution in [2.24, 2.45) is 0 Å². The first-order valence-corrected chi connectivity index (χ1v) is 35.0. The minimum absolute atomic E-state index is 0.0790. The number of hydrogen-bond acceptors (Lipinski definition) is 6. The molecule has 0 aromatic carbocycles. The Hall–Kier alpha value is -2.37. The van der Waals surface area contributed by atoms with Crippen LogP contribution >= 0.6 is 0 Å². The van der Waals surface area contributed by atoms with Gasteiger partial charge < -0.3 is 14.2 Å². The van der Waals surface area contributed by atoms with Crippen LogP contribution < -0.4 is 0 Å². The molecule has 0 heterocycles. The van der Waals surface area contributed by atoms with Crippen molar-refractivity contribution < 1.29 is 28.6 Å². The molecule has 6 nitrogen and oxygen atoms in total. The molecule has 458 valence electrons. The lowest BCUT2D eigenvalue weighted by Crippen LogP contribution is -2.30. The first-order valence-electron chi connectivity index (χ1n) is 35.0. The van der Waals surface area contributed by atoms with E-state index in [1.807, 2.05) is 0 Å². The van der Waals surface area contributed by atoms with Gasteiger partial charge in [0.1, 0.15) is 13.2 Å². The fourth-order valence-corrected chi connectivity index (χ4v) is 10.7.